The van der Waals surface area contributed by atoms with Crippen molar-refractivity contribution >= 4 is 0 Å². The van der Waals surface area contributed by atoms with E-state index in [1.54, 1.807) is 0 Å². The van der Waals surface area contributed by atoms with Gasteiger partial charge in [-0.15, -0.1) is 0 Å². The summed E-state index contributed by atoms with van der Waals surface area (Å²) >= 11 is 0. The molecule has 0 spiro atoms. The molecule has 2 aromatic carbocycles. The molecular formula is C19H23N. The van der Waals surface area contributed by atoms with Crippen molar-refractivity contribution in [2.24, 2.45) is 0 Å². The molecule has 0 radical (unpaired) electrons. The smallest absolute Gasteiger partial charge is 0.0427 e. The fraction of sp³-hybridized carbons (Fsp3) is 0.263. The van der Waals surface area contributed by atoms with Gasteiger partial charge in [0.15, 0.2) is 0 Å². The minimum Gasteiger partial charge on any atom is -0.369 e. The van der Waals surface area contributed by atoms with E-state index < -0.39 is 0 Å². The Kier molecular flexibility index (Phi) is 5.91. The second-order valence-electron chi connectivity index (χ2n) is 5.05. The van der Waals surface area contributed by atoms with Gasteiger partial charge in [0, 0.05) is 13.1 Å². The van der Waals surface area contributed by atoms with Gasteiger partial charge in [0.25, 0.3) is 0 Å². The third-order valence-electron chi connectivity index (χ3n) is 3.23. The predicted molar refractivity (Wildman–Crippen MR) is 86.2 cm³/mol. The number of benzene rings is 2. The van der Waals surface area contributed by atoms with Gasteiger partial charge in [-0.2, -0.15) is 0 Å². The lowest BCUT2D eigenvalue weighted by molar-refractivity contribution is 0.360. The van der Waals surface area contributed by atoms with Crippen LogP contribution in [-0.2, 0) is 13.1 Å². The maximum Gasteiger partial charge on any atom is 0.0427 e. The minimum atomic E-state index is 0.954. The van der Waals surface area contributed by atoms with Crippen LogP contribution in [0.15, 0.2) is 72.9 Å². The van der Waals surface area contributed by atoms with E-state index in [2.05, 4.69) is 84.8 Å². The van der Waals surface area contributed by atoms with Gasteiger partial charge >= 0.3 is 0 Å². The van der Waals surface area contributed by atoms with Crippen molar-refractivity contribution in [2.75, 3.05) is 0 Å². The topological polar surface area (TPSA) is 3.24 Å². The van der Waals surface area contributed by atoms with Gasteiger partial charge < -0.3 is 4.90 Å². The first-order valence-corrected chi connectivity index (χ1v) is 7.37. The molecule has 0 bridgehead atoms. The van der Waals surface area contributed by atoms with Gasteiger partial charge in [-0.3, -0.25) is 0 Å². The Morgan fingerprint density at radius 2 is 1.30 bits per heavy atom. The van der Waals surface area contributed by atoms with E-state index >= 15 is 0 Å². The summed E-state index contributed by atoms with van der Waals surface area (Å²) in [6, 6.07) is 21.3. The van der Waals surface area contributed by atoms with Gasteiger partial charge in [-0.25, -0.2) is 0 Å². The fourth-order valence-electron chi connectivity index (χ4n) is 2.19. The number of rotatable bonds is 7. The standard InChI is InChI=1S/C19H23N/c1-2-3-10-15-20(16-18-11-6-4-7-12-18)17-19-13-8-5-9-14-19/h4-15H,2-3,16-17H2,1H3/b15-10+. The summed E-state index contributed by atoms with van der Waals surface area (Å²) in [5.74, 6) is 0. The quantitative estimate of drug-likeness (QED) is 0.680. The average molecular weight is 265 g/mol. The van der Waals surface area contributed by atoms with Crippen LogP contribution in [0, 0.1) is 0 Å². The zero-order valence-electron chi connectivity index (χ0n) is 12.2. The molecule has 0 aromatic heterocycles. The van der Waals surface area contributed by atoms with Crippen LogP contribution < -0.4 is 0 Å². The lowest BCUT2D eigenvalue weighted by atomic mass is 10.2. The van der Waals surface area contributed by atoms with Crippen LogP contribution in [0.5, 0.6) is 0 Å². The average Bonchev–Trinajstić information content (AvgIpc) is 2.49. The molecule has 0 N–H and O–H groups in total. The van der Waals surface area contributed by atoms with Crippen molar-refractivity contribution in [3.63, 3.8) is 0 Å². The molecule has 0 aliphatic rings. The first kappa shape index (κ1) is 14.4. The van der Waals surface area contributed by atoms with Crippen molar-refractivity contribution in [1.29, 1.82) is 0 Å². The maximum atomic E-state index is 2.38. The molecule has 2 rings (SSSR count). The maximum absolute atomic E-state index is 2.38. The lowest BCUT2D eigenvalue weighted by Crippen LogP contribution is -2.16. The molecule has 0 saturated carbocycles. The van der Waals surface area contributed by atoms with Gasteiger partial charge in [0.2, 0.25) is 0 Å². The summed E-state index contributed by atoms with van der Waals surface area (Å²) in [6.45, 7) is 4.12. The summed E-state index contributed by atoms with van der Waals surface area (Å²) in [6.07, 6.45) is 6.84. The highest BCUT2D eigenvalue weighted by molar-refractivity contribution is 5.17. The summed E-state index contributed by atoms with van der Waals surface area (Å²) in [4.78, 5) is 2.38. The van der Waals surface area contributed by atoms with E-state index in [1.807, 2.05) is 0 Å². The molecule has 20 heavy (non-hydrogen) atoms. The lowest BCUT2D eigenvalue weighted by Gasteiger charge is -2.21. The van der Waals surface area contributed by atoms with Crippen molar-refractivity contribution in [3.05, 3.63) is 84.1 Å². The summed E-state index contributed by atoms with van der Waals surface area (Å²) < 4.78 is 0. The SMILES string of the molecule is CCC/C=C/N(Cc1ccccc1)Cc1ccccc1. The van der Waals surface area contributed by atoms with E-state index in [-0.39, 0.29) is 0 Å². The zero-order valence-corrected chi connectivity index (χ0v) is 12.2. The first-order valence-electron chi connectivity index (χ1n) is 7.37. The van der Waals surface area contributed by atoms with Crippen LogP contribution >= 0.6 is 0 Å². The van der Waals surface area contributed by atoms with Crippen molar-refractivity contribution in [3.8, 4) is 0 Å². The Balaban J connectivity index is 2.04. The Labute approximate surface area is 122 Å². The molecule has 0 saturated heterocycles. The predicted octanol–water partition coefficient (Wildman–Crippen LogP) is 5.00. The molecule has 0 aliphatic carbocycles. The number of nitrogens with zero attached hydrogens (tertiary/aromatic N) is 1. The van der Waals surface area contributed by atoms with E-state index in [4.69, 9.17) is 0 Å². The van der Waals surface area contributed by atoms with Gasteiger partial charge in [-0.1, -0.05) is 80.1 Å². The molecule has 2 aromatic rings. The largest absolute Gasteiger partial charge is 0.369 e. The monoisotopic (exact) mass is 265 g/mol. The number of unbranched alkanes of at least 4 members (excludes halogenated alkanes) is 1. The summed E-state index contributed by atoms with van der Waals surface area (Å²) in [5, 5.41) is 0. The second kappa shape index (κ2) is 8.21. The van der Waals surface area contributed by atoms with E-state index in [0.29, 0.717) is 0 Å². The first-order chi connectivity index (χ1) is 9.88. The van der Waals surface area contributed by atoms with Crippen molar-refractivity contribution in [2.45, 2.75) is 32.9 Å². The Hall–Kier alpha value is -2.02. The summed E-state index contributed by atoms with van der Waals surface area (Å²) in [5.41, 5.74) is 2.70. The third kappa shape index (κ3) is 4.93. The molecule has 1 heteroatoms. The molecule has 1 nitrogen and oxygen atoms in total. The van der Waals surface area contributed by atoms with Crippen LogP contribution in [0.2, 0.25) is 0 Å². The summed E-state index contributed by atoms with van der Waals surface area (Å²) in [7, 11) is 0. The van der Waals surface area contributed by atoms with Crippen LogP contribution in [0.25, 0.3) is 0 Å². The van der Waals surface area contributed by atoms with Gasteiger partial charge in [0.1, 0.15) is 0 Å². The number of hydrogen-bond donors (Lipinski definition) is 0. The van der Waals surface area contributed by atoms with E-state index in [0.717, 1.165) is 19.5 Å². The van der Waals surface area contributed by atoms with Gasteiger partial charge in [-0.05, 0) is 23.7 Å². The normalized spacial score (nSPS) is 10.8. The zero-order chi connectivity index (χ0) is 14.0. The van der Waals surface area contributed by atoms with Crippen LogP contribution in [0.1, 0.15) is 30.9 Å². The highest BCUT2D eigenvalue weighted by atomic mass is 15.1. The van der Waals surface area contributed by atoms with Crippen LogP contribution in [-0.4, -0.2) is 4.90 Å². The molecule has 0 aliphatic heterocycles. The molecule has 0 unspecified atom stereocenters. The highest BCUT2D eigenvalue weighted by Crippen LogP contribution is 2.11. The Morgan fingerprint density at radius 1 is 0.800 bits per heavy atom. The van der Waals surface area contributed by atoms with Crippen molar-refractivity contribution < 1.29 is 0 Å². The third-order valence-corrected chi connectivity index (χ3v) is 3.23. The highest BCUT2D eigenvalue weighted by Gasteiger charge is 2.02. The molecule has 0 heterocycles. The Morgan fingerprint density at radius 3 is 1.75 bits per heavy atom. The minimum absolute atomic E-state index is 0.954. The van der Waals surface area contributed by atoms with Crippen LogP contribution in [0.4, 0.5) is 0 Å². The van der Waals surface area contributed by atoms with E-state index in [9.17, 15) is 0 Å². The fourth-order valence-corrected chi connectivity index (χ4v) is 2.19. The molecular weight excluding hydrogens is 242 g/mol. The molecule has 0 atom stereocenters. The number of allylic oxidation sites excluding steroid dienone is 1. The molecule has 0 fully saturated rings. The Bertz CT molecular complexity index is 460. The second-order valence-corrected chi connectivity index (χ2v) is 5.05. The van der Waals surface area contributed by atoms with Gasteiger partial charge in [0.05, 0.1) is 0 Å². The molecule has 0 amide bonds. The van der Waals surface area contributed by atoms with E-state index in [1.165, 1.54) is 17.5 Å². The van der Waals surface area contributed by atoms with Crippen LogP contribution in [0.3, 0.4) is 0 Å². The number of hydrogen-bond acceptors (Lipinski definition) is 1. The molecule has 104 valence electrons. The van der Waals surface area contributed by atoms with Crippen molar-refractivity contribution in [1.82, 2.24) is 4.90 Å².